The summed E-state index contributed by atoms with van der Waals surface area (Å²) < 4.78 is 5.46. The number of urea groups is 1. The van der Waals surface area contributed by atoms with Gasteiger partial charge in [-0.25, -0.2) is 15.0 Å². The van der Waals surface area contributed by atoms with Crippen molar-refractivity contribution < 1.29 is 19.4 Å². The Morgan fingerprint density at radius 1 is 1.00 bits per heavy atom. The first-order chi connectivity index (χ1) is 13.3. The molecular weight excluding hydrogens is 358 g/mol. The quantitative estimate of drug-likeness (QED) is 0.505. The Morgan fingerprint density at radius 2 is 1.50 bits per heavy atom. The molecule has 0 fully saturated rings. The average Bonchev–Trinajstić information content (AvgIpc) is 2.66. The second-order valence-corrected chi connectivity index (χ2v) is 7.09. The lowest BCUT2D eigenvalue weighted by atomic mass is 10.0. The maximum Gasteiger partial charge on any atom is 0.335 e. The zero-order chi connectivity index (χ0) is 20.6. The SMILES string of the molecule is CC(C)(C)OCC(NC(=O)NN=C(c1ccccc1)c1ccccc1)C(=O)O. The number of amides is 2. The van der Waals surface area contributed by atoms with E-state index in [1.54, 1.807) is 0 Å². The smallest absolute Gasteiger partial charge is 0.335 e. The fourth-order valence-corrected chi connectivity index (χ4v) is 2.29. The van der Waals surface area contributed by atoms with Crippen LogP contribution in [0.2, 0.25) is 0 Å². The van der Waals surface area contributed by atoms with Crippen LogP contribution in [0.5, 0.6) is 0 Å². The highest BCUT2D eigenvalue weighted by atomic mass is 16.5. The number of hydrogen-bond acceptors (Lipinski definition) is 4. The molecule has 2 aromatic rings. The maximum atomic E-state index is 12.2. The molecule has 1 atom stereocenters. The predicted molar refractivity (Wildman–Crippen MR) is 107 cm³/mol. The molecule has 0 saturated carbocycles. The Balaban J connectivity index is 2.12. The molecule has 3 N–H and O–H groups in total. The largest absolute Gasteiger partial charge is 0.480 e. The molecule has 28 heavy (non-hydrogen) atoms. The van der Waals surface area contributed by atoms with Gasteiger partial charge in [-0.05, 0) is 20.8 Å². The first kappa shape index (κ1) is 21.1. The molecule has 1 unspecified atom stereocenters. The van der Waals surface area contributed by atoms with E-state index < -0.39 is 23.6 Å². The van der Waals surface area contributed by atoms with Gasteiger partial charge in [0.25, 0.3) is 0 Å². The van der Waals surface area contributed by atoms with Crippen molar-refractivity contribution in [2.45, 2.75) is 32.4 Å². The van der Waals surface area contributed by atoms with Gasteiger partial charge in [0, 0.05) is 11.1 Å². The molecule has 148 valence electrons. The predicted octanol–water partition coefficient (Wildman–Crippen LogP) is 3.01. The summed E-state index contributed by atoms with van der Waals surface area (Å²) in [5, 5.41) is 15.9. The van der Waals surface area contributed by atoms with Crippen LogP contribution in [0.1, 0.15) is 31.9 Å². The van der Waals surface area contributed by atoms with Crippen LogP contribution in [0, 0.1) is 0 Å². The summed E-state index contributed by atoms with van der Waals surface area (Å²) in [5.74, 6) is -1.19. The number of carbonyl (C=O) groups excluding carboxylic acids is 1. The molecule has 0 saturated heterocycles. The van der Waals surface area contributed by atoms with Gasteiger partial charge < -0.3 is 15.2 Å². The number of carbonyl (C=O) groups is 2. The Labute approximate surface area is 164 Å². The second kappa shape index (κ2) is 9.66. The van der Waals surface area contributed by atoms with E-state index in [1.807, 2.05) is 81.4 Å². The molecule has 0 aliphatic heterocycles. The van der Waals surface area contributed by atoms with Crippen molar-refractivity contribution in [2.75, 3.05) is 6.61 Å². The van der Waals surface area contributed by atoms with E-state index in [4.69, 9.17) is 4.74 Å². The number of carboxylic acids is 1. The van der Waals surface area contributed by atoms with Gasteiger partial charge in [0.1, 0.15) is 0 Å². The van der Waals surface area contributed by atoms with Gasteiger partial charge >= 0.3 is 12.0 Å². The summed E-state index contributed by atoms with van der Waals surface area (Å²) in [6.07, 6.45) is 0. The van der Waals surface area contributed by atoms with Crippen LogP contribution in [-0.4, -0.2) is 41.1 Å². The number of aliphatic carboxylic acids is 1. The van der Waals surface area contributed by atoms with Crippen molar-refractivity contribution in [3.05, 3.63) is 71.8 Å². The normalized spacial score (nSPS) is 12.0. The minimum Gasteiger partial charge on any atom is -0.480 e. The van der Waals surface area contributed by atoms with Gasteiger partial charge in [-0.3, -0.25) is 0 Å². The number of carboxylic acid groups (broad SMARTS) is 1. The van der Waals surface area contributed by atoms with Crippen LogP contribution >= 0.6 is 0 Å². The fourth-order valence-electron chi connectivity index (χ4n) is 2.29. The lowest BCUT2D eigenvalue weighted by Crippen LogP contribution is -2.48. The zero-order valence-corrected chi connectivity index (χ0v) is 16.2. The van der Waals surface area contributed by atoms with Crippen LogP contribution in [0.15, 0.2) is 65.8 Å². The van der Waals surface area contributed by atoms with Crippen molar-refractivity contribution in [3.8, 4) is 0 Å². The number of rotatable bonds is 7. The summed E-state index contributed by atoms with van der Waals surface area (Å²) in [6.45, 7) is 5.27. The average molecular weight is 383 g/mol. The molecule has 0 radical (unpaired) electrons. The highest BCUT2D eigenvalue weighted by Crippen LogP contribution is 2.10. The molecule has 7 nitrogen and oxygen atoms in total. The van der Waals surface area contributed by atoms with Crippen LogP contribution in [-0.2, 0) is 9.53 Å². The number of nitrogens with zero attached hydrogens (tertiary/aromatic N) is 1. The number of hydrogen-bond donors (Lipinski definition) is 3. The number of ether oxygens (including phenoxy) is 1. The van der Waals surface area contributed by atoms with E-state index in [0.29, 0.717) is 5.71 Å². The van der Waals surface area contributed by atoms with E-state index in [-0.39, 0.29) is 6.61 Å². The number of hydrazone groups is 1. The topological polar surface area (TPSA) is 100 Å². The first-order valence-electron chi connectivity index (χ1n) is 8.88. The Kier molecular flexibility index (Phi) is 7.28. The highest BCUT2D eigenvalue weighted by Gasteiger charge is 2.23. The van der Waals surface area contributed by atoms with E-state index >= 15 is 0 Å². The number of nitrogens with one attached hydrogen (secondary N) is 2. The lowest BCUT2D eigenvalue weighted by molar-refractivity contribution is -0.142. The zero-order valence-electron chi connectivity index (χ0n) is 16.2. The van der Waals surface area contributed by atoms with Crippen molar-refractivity contribution in [3.63, 3.8) is 0 Å². The fraction of sp³-hybridized carbons (Fsp3) is 0.286. The van der Waals surface area contributed by atoms with Crippen molar-refractivity contribution >= 4 is 17.7 Å². The Bertz CT molecular complexity index is 773. The summed E-state index contributed by atoms with van der Waals surface area (Å²) >= 11 is 0. The molecular formula is C21H25N3O4. The number of benzene rings is 2. The molecule has 0 aromatic heterocycles. The van der Waals surface area contributed by atoms with Gasteiger partial charge in [-0.1, -0.05) is 60.7 Å². The molecule has 0 aliphatic rings. The molecule has 0 aliphatic carbocycles. The van der Waals surface area contributed by atoms with Crippen LogP contribution in [0.4, 0.5) is 4.79 Å². The molecule has 2 aromatic carbocycles. The maximum absolute atomic E-state index is 12.2. The minimum atomic E-state index is -1.19. The molecule has 2 rings (SSSR count). The van der Waals surface area contributed by atoms with Crippen molar-refractivity contribution in [2.24, 2.45) is 5.10 Å². The summed E-state index contributed by atoms with van der Waals surface area (Å²) in [6, 6.07) is 16.9. The van der Waals surface area contributed by atoms with E-state index in [0.717, 1.165) is 11.1 Å². The Morgan fingerprint density at radius 3 is 1.93 bits per heavy atom. The summed E-state index contributed by atoms with van der Waals surface area (Å²) in [4.78, 5) is 23.6. The van der Waals surface area contributed by atoms with Gasteiger partial charge in [-0.2, -0.15) is 5.10 Å². The summed E-state index contributed by atoms with van der Waals surface area (Å²) in [5.41, 5.74) is 4.07. The summed E-state index contributed by atoms with van der Waals surface area (Å²) in [7, 11) is 0. The van der Waals surface area contributed by atoms with Crippen LogP contribution in [0.3, 0.4) is 0 Å². The molecule has 7 heteroatoms. The van der Waals surface area contributed by atoms with E-state index in [1.165, 1.54) is 0 Å². The monoisotopic (exact) mass is 383 g/mol. The van der Waals surface area contributed by atoms with Crippen molar-refractivity contribution in [1.29, 1.82) is 0 Å². The standard InChI is InChI=1S/C21H25N3O4/c1-21(2,3)28-14-17(19(25)26)22-20(27)24-23-18(15-10-6-4-7-11-15)16-12-8-5-9-13-16/h4-13,17H,14H2,1-3H3,(H,25,26)(H2,22,24,27). The van der Waals surface area contributed by atoms with Crippen LogP contribution < -0.4 is 10.7 Å². The Hall–Kier alpha value is -3.19. The van der Waals surface area contributed by atoms with Crippen LogP contribution in [0.25, 0.3) is 0 Å². The van der Waals surface area contributed by atoms with E-state index in [2.05, 4.69) is 15.8 Å². The molecule has 0 spiro atoms. The van der Waals surface area contributed by atoms with Gasteiger partial charge in [0.05, 0.1) is 17.9 Å². The highest BCUT2D eigenvalue weighted by molar-refractivity contribution is 6.13. The minimum absolute atomic E-state index is 0.153. The third-order valence-corrected chi connectivity index (χ3v) is 3.65. The molecule has 2 amide bonds. The van der Waals surface area contributed by atoms with Crippen molar-refractivity contribution in [1.82, 2.24) is 10.7 Å². The second-order valence-electron chi connectivity index (χ2n) is 7.09. The third-order valence-electron chi connectivity index (χ3n) is 3.65. The van der Waals surface area contributed by atoms with Gasteiger partial charge in [0.15, 0.2) is 6.04 Å². The molecule has 0 bridgehead atoms. The molecule has 0 heterocycles. The van der Waals surface area contributed by atoms with Gasteiger partial charge in [0.2, 0.25) is 0 Å². The third kappa shape index (κ3) is 6.85. The van der Waals surface area contributed by atoms with E-state index in [9.17, 15) is 14.7 Å². The lowest BCUT2D eigenvalue weighted by Gasteiger charge is -2.22. The first-order valence-corrected chi connectivity index (χ1v) is 8.88. The van der Waals surface area contributed by atoms with Gasteiger partial charge in [-0.15, -0.1) is 0 Å².